The lowest BCUT2D eigenvalue weighted by Crippen LogP contribution is -2.22. The van der Waals surface area contributed by atoms with Crippen LogP contribution in [0.4, 0.5) is 0 Å². The van der Waals surface area contributed by atoms with Gasteiger partial charge in [-0.1, -0.05) is 17.8 Å². The molecule has 0 unspecified atom stereocenters. The van der Waals surface area contributed by atoms with Crippen LogP contribution in [0.15, 0.2) is 46.4 Å². The smallest absolute Gasteiger partial charge is 0.286 e. The number of aromatic hydroxyl groups is 3. The number of thioether (sulfide) groups is 1. The maximum atomic E-state index is 12.5. The Kier molecular flexibility index (Phi) is 5.33. The number of carbonyl (C=O) groups excluding carboxylic acids is 1. The lowest BCUT2D eigenvalue weighted by molar-refractivity contribution is -0.122. The molecule has 1 amide bonds. The summed E-state index contributed by atoms with van der Waals surface area (Å²) in [4.78, 5) is 12.9. The molecule has 138 valence electrons. The van der Waals surface area contributed by atoms with Crippen molar-refractivity contribution in [2.75, 3.05) is 7.11 Å². The molecule has 0 atom stereocenters. The first kappa shape index (κ1) is 18.7. The Labute approximate surface area is 164 Å². The zero-order valence-corrected chi connectivity index (χ0v) is 15.6. The number of phenolic OH excluding ortho intramolecular Hbond substituents is 3. The standard InChI is InChI=1S/C18H14N2O5S2/c1-25-15-7-10(2-5-13(15)22)8-16-17(24)20(18(26)27-16)19-9-11-3-4-12(21)14(23)6-11/h2-9,21-23H,1H3/b16-8+,19-9+. The van der Waals surface area contributed by atoms with E-state index in [1.807, 2.05) is 0 Å². The molecule has 3 N–H and O–H groups in total. The second kappa shape index (κ2) is 7.68. The highest BCUT2D eigenvalue weighted by Crippen LogP contribution is 2.34. The van der Waals surface area contributed by atoms with Gasteiger partial charge in [0.1, 0.15) is 0 Å². The SMILES string of the molecule is COc1cc(/C=C2/SC(=S)N(/N=C/c3ccc(O)c(O)c3)C2=O)ccc1O. The number of benzene rings is 2. The van der Waals surface area contributed by atoms with Gasteiger partial charge in [-0.15, -0.1) is 0 Å². The van der Waals surface area contributed by atoms with Crippen molar-refractivity contribution in [2.24, 2.45) is 5.10 Å². The molecule has 1 aliphatic heterocycles. The van der Waals surface area contributed by atoms with Crippen molar-refractivity contribution >= 4 is 46.5 Å². The van der Waals surface area contributed by atoms with Crippen LogP contribution in [0.5, 0.6) is 23.0 Å². The van der Waals surface area contributed by atoms with Crippen molar-refractivity contribution in [3.8, 4) is 23.0 Å². The van der Waals surface area contributed by atoms with E-state index in [-0.39, 0.29) is 21.6 Å². The number of carbonyl (C=O) groups is 1. The summed E-state index contributed by atoms with van der Waals surface area (Å²) in [7, 11) is 1.44. The summed E-state index contributed by atoms with van der Waals surface area (Å²) in [5.41, 5.74) is 1.16. The van der Waals surface area contributed by atoms with Crippen molar-refractivity contribution in [2.45, 2.75) is 0 Å². The molecule has 2 aromatic carbocycles. The molecular weight excluding hydrogens is 388 g/mol. The van der Waals surface area contributed by atoms with E-state index >= 15 is 0 Å². The molecular formula is C18H14N2O5S2. The zero-order chi connectivity index (χ0) is 19.6. The zero-order valence-electron chi connectivity index (χ0n) is 14.0. The molecule has 1 fully saturated rings. The molecule has 3 rings (SSSR count). The van der Waals surface area contributed by atoms with Crippen molar-refractivity contribution in [1.29, 1.82) is 0 Å². The Morgan fingerprint density at radius 2 is 1.78 bits per heavy atom. The molecule has 2 aromatic rings. The Morgan fingerprint density at radius 1 is 1.07 bits per heavy atom. The van der Waals surface area contributed by atoms with Gasteiger partial charge in [0.05, 0.1) is 18.2 Å². The molecule has 0 radical (unpaired) electrons. The van der Waals surface area contributed by atoms with Gasteiger partial charge in [-0.2, -0.15) is 10.1 Å². The molecule has 27 heavy (non-hydrogen) atoms. The Balaban J connectivity index is 1.82. The molecule has 1 aliphatic rings. The third-order valence-electron chi connectivity index (χ3n) is 3.60. The summed E-state index contributed by atoms with van der Waals surface area (Å²) in [6, 6.07) is 8.89. The number of hydrazone groups is 1. The average molecular weight is 402 g/mol. The molecule has 0 spiro atoms. The minimum Gasteiger partial charge on any atom is -0.504 e. The van der Waals surface area contributed by atoms with Crippen molar-refractivity contribution < 1.29 is 24.9 Å². The van der Waals surface area contributed by atoms with Crippen LogP contribution in [0.2, 0.25) is 0 Å². The molecule has 0 aromatic heterocycles. The van der Waals surface area contributed by atoms with Gasteiger partial charge in [0.15, 0.2) is 27.3 Å². The fourth-order valence-electron chi connectivity index (χ4n) is 2.24. The van der Waals surface area contributed by atoms with Crippen LogP contribution < -0.4 is 4.74 Å². The Hall–Kier alpha value is -3.04. The van der Waals surface area contributed by atoms with E-state index in [0.717, 1.165) is 16.8 Å². The van der Waals surface area contributed by atoms with E-state index in [4.69, 9.17) is 17.0 Å². The van der Waals surface area contributed by atoms with Crippen LogP contribution in [0.25, 0.3) is 6.08 Å². The summed E-state index contributed by atoms with van der Waals surface area (Å²) in [5, 5.41) is 33.6. The van der Waals surface area contributed by atoms with Gasteiger partial charge in [-0.05, 0) is 59.8 Å². The number of ether oxygens (including phenoxy) is 1. The lowest BCUT2D eigenvalue weighted by Gasteiger charge is -2.06. The number of nitrogens with zero attached hydrogens (tertiary/aromatic N) is 2. The van der Waals surface area contributed by atoms with Gasteiger partial charge >= 0.3 is 0 Å². The van der Waals surface area contributed by atoms with E-state index < -0.39 is 5.91 Å². The first-order chi connectivity index (χ1) is 12.9. The van der Waals surface area contributed by atoms with Crippen molar-refractivity contribution in [3.63, 3.8) is 0 Å². The van der Waals surface area contributed by atoms with Crippen LogP contribution in [0, 0.1) is 0 Å². The molecule has 9 heteroatoms. The van der Waals surface area contributed by atoms with E-state index in [1.54, 1.807) is 18.2 Å². The number of thiocarbonyl (C=S) groups is 1. The third-order valence-corrected chi connectivity index (χ3v) is 4.88. The largest absolute Gasteiger partial charge is 0.504 e. The number of phenols is 3. The summed E-state index contributed by atoms with van der Waals surface area (Å²) in [6.07, 6.45) is 2.99. The fourth-order valence-corrected chi connectivity index (χ4v) is 3.41. The first-order valence-electron chi connectivity index (χ1n) is 7.60. The van der Waals surface area contributed by atoms with Crippen molar-refractivity contribution in [1.82, 2.24) is 5.01 Å². The van der Waals surface area contributed by atoms with Crippen molar-refractivity contribution in [3.05, 3.63) is 52.4 Å². The highest BCUT2D eigenvalue weighted by molar-refractivity contribution is 8.26. The second-order valence-corrected chi connectivity index (χ2v) is 7.09. The van der Waals surface area contributed by atoms with Gasteiger partial charge in [0.25, 0.3) is 5.91 Å². The molecule has 0 bridgehead atoms. The Morgan fingerprint density at radius 3 is 2.48 bits per heavy atom. The summed E-state index contributed by atoms with van der Waals surface area (Å²) >= 11 is 6.30. The van der Waals surface area contributed by atoms with Gasteiger partial charge in [-0.25, -0.2) is 0 Å². The second-order valence-electron chi connectivity index (χ2n) is 5.42. The van der Waals surface area contributed by atoms with Crippen LogP contribution in [-0.2, 0) is 4.79 Å². The predicted molar refractivity (Wildman–Crippen MR) is 107 cm³/mol. The predicted octanol–water partition coefficient (Wildman–Crippen LogP) is 3.05. The van der Waals surface area contributed by atoms with Gasteiger partial charge in [0, 0.05) is 0 Å². The minimum atomic E-state index is -0.392. The molecule has 7 nitrogen and oxygen atoms in total. The highest BCUT2D eigenvalue weighted by atomic mass is 32.2. The van der Waals surface area contributed by atoms with Gasteiger partial charge in [-0.3, -0.25) is 4.79 Å². The Bertz CT molecular complexity index is 988. The molecule has 1 saturated heterocycles. The summed E-state index contributed by atoms with van der Waals surface area (Å²) in [5.74, 6) is -0.625. The number of methoxy groups -OCH3 is 1. The molecule has 0 saturated carbocycles. The number of hydrogen-bond acceptors (Lipinski definition) is 8. The van der Waals surface area contributed by atoms with E-state index in [9.17, 15) is 20.1 Å². The van der Waals surface area contributed by atoms with Gasteiger partial charge in [0.2, 0.25) is 0 Å². The normalized spacial score (nSPS) is 15.9. The van der Waals surface area contributed by atoms with E-state index in [0.29, 0.717) is 21.8 Å². The topological polar surface area (TPSA) is 103 Å². The van der Waals surface area contributed by atoms with Crippen LogP contribution in [0.1, 0.15) is 11.1 Å². The highest BCUT2D eigenvalue weighted by Gasteiger charge is 2.32. The average Bonchev–Trinajstić information content (AvgIpc) is 2.91. The minimum absolute atomic E-state index is 0.00366. The quantitative estimate of drug-likeness (QED) is 0.313. The fraction of sp³-hybridized carbons (Fsp3) is 0.0556. The summed E-state index contributed by atoms with van der Waals surface area (Å²) in [6.45, 7) is 0. The molecule has 1 heterocycles. The maximum absolute atomic E-state index is 12.5. The number of rotatable bonds is 4. The number of hydrogen-bond donors (Lipinski definition) is 3. The van der Waals surface area contributed by atoms with Gasteiger partial charge < -0.3 is 20.1 Å². The maximum Gasteiger partial charge on any atom is 0.286 e. The molecule has 0 aliphatic carbocycles. The summed E-state index contributed by atoms with van der Waals surface area (Å²) < 4.78 is 5.32. The lowest BCUT2D eigenvalue weighted by atomic mass is 10.2. The number of amides is 1. The monoisotopic (exact) mass is 402 g/mol. The van der Waals surface area contributed by atoms with E-state index in [1.165, 1.54) is 37.6 Å². The van der Waals surface area contributed by atoms with Crippen LogP contribution in [0.3, 0.4) is 0 Å². The van der Waals surface area contributed by atoms with Crippen LogP contribution in [-0.4, -0.2) is 43.9 Å². The van der Waals surface area contributed by atoms with Crippen LogP contribution >= 0.6 is 24.0 Å². The third kappa shape index (κ3) is 4.04. The first-order valence-corrected chi connectivity index (χ1v) is 8.82. The van der Waals surface area contributed by atoms with E-state index in [2.05, 4.69) is 5.10 Å².